The van der Waals surface area contributed by atoms with Gasteiger partial charge in [0.15, 0.2) is 0 Å². The third-order valence-electron chi connectivity index (χ3n) is 5.23. The summed E-state index contributed by atoms with van der Waals surface area (Å²) in [6.45, 7) is 3.93. The van der Waals surface area contributed by atoms with Crippen molar-refractivity contribution in [2.45, 2.75) is 26.3 Å². The van der Waals surface area contributed by atoms with Crippen LogP contribution in [0.15, 0.2) is 65.5 Å². The van der Waals surface area contributed by atoms with E-state index in [1.807, 2.05) is 43.5 Å². The predicted octanol–water partition coefficient (Wildman–Crippen LogP) is 4.60. The molecule has 1 atom stereocenters. The molecule has 4 aromatic rings. The molecular formula is C25H23BrN4O3. The molecule has 3 aromatic heterocycles. The molecular weight excluding hydrogens is 484 g/mol. The van der Waals surface area contributed by atoms with Crippen LogP contribution in [-0.2, 0) is 16.0 Å². The number of nitrogens with zero attached hydrogens (tertiary/aromatic N) is 2. The molecule has 0 saturated heterocycles. The second-order valence-corrected chi connectivity index (χ2v) is 8.55. The Kier molecular flexibility index (Phi) is 6.84. The minimum Gasteiger partial charge on any atom is -0.464 e. The molecule has 0 radical (unpaired) electrons. The number of esters is 1. The van der Waals surface area contributed by atoms with Gasteiger partial charge in [-0.3, -0.25) is 14.8 Å². The zero-order valence-electron chi connectivity index (χ0n) is 18.3. The molecule has 0 aliphatic heterocycles. The number of aromatic amines is 1. The summed E-state index contributed by atoms with van der Waals surface area (Å²) in [6.07, 6.45) is 5.40. The lowest BCUT2D eigenvalue weighted by atomic mass is 10.0. The third kappa shape index (κ3) is 5.28. The molecule has 4 rings (SSSR count). The molecule has 168 valence electrons. The molecule has 0 saturated carbocycles. The van der Waals surface area contributed by atoms with Crippen molar-refractivity contribution in [3.63, 3.8) is 0 Å². The number of H-pyrrole nitrogens is 1. The van der Waals surface area contributed by atoms with Crippen molar-refractivity contribution in [1.82, 2.24) is 20.3 Å². The monoisotopic (exact) mass is 506 g/mol. The number of aromatic nitrogens is 3. The largest absolute Gasteiger partial charge is 0.464 e. The number of ether oxygens (including phenoxy) is 1. The van der Waals surface area contributed by atoms with E-state index in [4.69, 9.17) is 4.74 Å². The van der Waals surface area contributed by atoms with E-state index < -0.39 is 12.0 Å². The van der Waals surface area contributed by atoms with Crippen molar-refractivity contribution in [2.75, 3.05) is 6.61 Å². The molecule has 0 unspecified atom stereocenters. The zero-order valence-corrected chi connectivity index (χ0v) is 19.8. The maximum Gasteiger partial charge on any atom is 0.328 e. The highest BCUT2D eigenvalue weighted by atomic mass is 79.9. The summed E-state index contributed by atoms with van der Waals surface area (Å²) in [5.74, 6) is -0.866. The smallest absolute Gasteiger partial charge is 0.328 e. The molecule has 0 aliphatic rings. The number of fused-ring (bicyclic) bond motifs is 1. The lowest BCUT2D eigenvalue weighted by molar-refractivity contribution is -0.145. The standard InChI is InChI=1S/C25H23BrN4O3/c1-3-33-25(32)23(12-17-14-29-20-5-4-18(26)13-19(17)20)30-24(31)16-7-9-28-22(11-16)21-10-15(2)6-8-27-21/h4-11,13-14,23,29H,3,12H2,1-2H3,(H,30,31)/t23-/m0/s1. The molecule has 3 heterocycles. The average molecular weight is 507 g/mol. The molecule has 0 aliphatic carbocycles. The van der Waals surface area contributed by atoms with Crippen LogP contribution < -0.4 is 5.32 Å². The number of amides is 1. The molecule has 8 heteroatoms. The SMILES string of the molecule is CCOC(=O)[C@H](Cc1c[nH]c2ccc(Br)cc12)NC(=O)c1ccnc(-c2cc(C)ccn2)c1. The van der Waals surface area contributed by atoms with E-state index in [9.17, 15) is 9.59 Å². The maximum atomic E-state index is 13.1. The number of hydrogen-bond acceptors (Lipinski definition) is 5. The number of carbonyl (C=O) groups excluding carboxylic acids is 2. The van der Waals surface area contributed by atoms with Crippen LogP contribution in [0.25, 0.3) is 22.3 Å². The molecule has 33 heavy (non-hydrogen) atoms. The first-order valence-electron chi connectivity index (χ1n) is 10.6. The van der Waals surface area contributed by atoms with Gasteiger partial charge in [-0.05, 0) is 67.4 Å². The number of aryl methyl sites for hydroxylation is 1. The van der Waals surface area contributed by atoms with Gasteiger partial charge in [0, 0.05) is 46.0 Å². The van der Waals surface area contributed by atoms with Gasteiger partial charge in [-0.1, -0.05) is 15.9 Å². The first kappa shape index (κ1) is 22.7. The van der Waals surface area contributed by atoms with Gasteiger partial charge in [0.1, 0.15) is 6.04 Å². The van der Waals surface area contributed by atoms with E-state index in [1.165, 1.54) is 0 Å². The quantitative estimate of drug-likeness (QED) is 0.357. The highest BCUT2D eigenvalue weighted by Crippen LogP contribution is 2.24. The predicted molar refractivity (Wildman–Crippen MR) is 130 cm³/mol. The van der Waals surface area contributed by atoms with E-state index >= 15 is 0 Å². The summed E-state index contributed by atoms with van der Waals surface area (Å²) >= 11 is 3.49. The number of pyridine rings is 2. The minimum atomic E-state index is -0.843. The van der Waals surface area contributed by atoms with Gasteiger partial charge in [0.2, 0.25) is 0 Å². The second kappa shape index (κ2) is 9.95. The molecule has 0 bridgehead atoms. The van der Waals surface area contributed by atoms with Crippen LogP contribution in [0.3, 0.4) is 0 Å². The van der Waals surface area contributed by atoms with Gasteiger partial charge >= 0.3 is 5.97 Å². The van der Waals surface area contributed by atoms with Crippen LogP contribution >= 0.6 is 15.9 Å². The van der Waals surface area contributed by atoms with E-state index in [-0.39, 0.29) is 12.5 Å². The first-order valence-corrected chi connectivity index (χ1v) is 11.4. The lowest BCUT2D eigenvalue weighted by Gasteiger charge is -2.17. The zero-order chi connectivity index (χ0) is 23.4. The highest BCUT2D eigenvalue weighted by Gasteiger charge is 2.25. The van der Waals surface area contributed by atoms with Crippen molar-refractivity contribution in [2.24, 2.45) is 0 Å². The van der Waals surface area contributed by atoms with Crippen LogP contribution in [0, 0.1) is 6.92 Å². The Morgan fingerprint density at radius 2 is 1.85 bits per heavy atom. The third-order valence-corrected chi connectivity index (χ3v) is 5.72. The normalized spacial score (nSPS) is 11.8. The Bertz CT molecular complexity index is 1320. The molecule has 0 spiro atoms. The number of benzene rings is 1. The van der Waals surface area contributed by atoms with Crippen LogP contribution in [0.4, 0.5) is 0 Å². The van der Waals surface area contributed by atoms with Gasteiger partial charge in [0.25, 0.3) is 5.91 Å². The van der Waals surface area contributed by atoms with Crippen LogP contribution in [0.5, 0.6) is 0 Å². The van der Waals surface area contributed by atoms with Gasteiger partial charge in [-0.15, -0.1) is 0 Å². The van der Waals surface area contributed by atoms with E-state index in [2.05, 4.69) is 36.2 Å². The Hall–Kier alpha value is -3.52. The molecule has 7 nitrogen and oxygen atoms in total. The first-order chi connectivity index (χ1) is 15.9. The molecule has 2 N–H and O–H groups in total. The van der Waals surface area contributed by atoms with Gasteiger partial charge < -0.3 is 15.0 Å². The Morgan fingerprint density at radius 3 is 2.61 bits per heavy atom. The van der Waals surface area contributed by atoms with E-state index in [1.54, 1.807) is 31.5 Å². The Morgan fingerprint density at radius 1 is 1.09 bits per heavy atom. The van der Waals surface area contributed by atoms with Gasteiger partial charge in [-0.2, -0.15) is 0 Å². The Balaban J connectivity index is 1.59. The van der Waals surface area contributed by atoms with Crippen LogP contribution in [0.1, 0.15) is 28.4 Å². The van der Waals surface area contributed by atoms with E-state index in [0.717, 1.165) is 26.5 Å². The fraction of sp³-hybridized carbons (Fsp3) is 0.200. The van der Waals surface area contributed by atoms with Crippen molar-refractivity contribution in [3.8, 4) is 11.4 Å². The minimum absolute atomic E-state index is 0.225. The van der Waals surface area contributed by atoms with E-state index in [0.29, 0.717) is 23.4 Å². The highest BCUT2D eigenvalue weighted by molar-refractivity contribution is 9.10. The average Bonchev–Trinajstić information content (AvgIpc) is 3.20. The van der Waals surface area contributed by atoms with Crippen LogP contribution in [0.2, 0.25) is 0 Å². The Labute approximate surface area is 199 Å². The summed E-state index contributed by atoms with van der Waals surface area (Å²) in [4.78, 5) is 37.6. The number of halogens is 1. The summed E-state index contributed by atoms with van der Waals surface area (Å²) in [5.41, 5.74) is 4.55. The van der Waals surface area contributed by atoms with Crippen molar-refractivity contribution < 1.29 is 14.3 Å². The molecule has 1 aromatic carbocycles. The number of hydrogen-bond donors (Lipinski definition) is 2. The topological polar surface area (TPSA) is 97.0 Å². The maximum absolute atomic E-state index is 13.1. The summed E-state index contributed by atoms with van der Waals surface area (Å²) in [7, 11) is 0. The van der Waals surface area contributed by atoms with Gasteiger partial charge in [-0.25, -0.2) is 4.79 Å². The van der Waals surface area contributed by atoms with Gasteiger partial charge in [0.05, 0.1) is 18.0 Å². The van der Waals surface area contributed by atoms with Crippen LogP contribution in [-0.4, -0.2) is 39.5 Å². The summed E-state index contributed by atoms with van der Waals surface area (Å²) in [6, 6.07) is 12.1. The van der Waals surface area contributed by atoms with Crippen molar-refractivity contribution in [3.05, 3.63) is 82.2 Å². The molecule has 1 amide bonds. The fourth-order valence-electron chi connectivity index (χ4n) is 3.61. The number of nitrogens with one attached hydrogen (secondary N) is 2. The molecule has 0 fully saturated rings. The van der Waals surface area contributed by atoms with Crippen molar-refractivity contribution in [1.29, 1.82) is 0 Å². The summed E-state index contributed by atoms with van der Waals surface area (Å²) in [5, 5.41) is 3.81. The number of rotatable bonds is 7. The number of carbonyl (C=O) groups is 2. The van der Waals surface area contributed by atoms with Crippen molar-refractivity contribution >= 4 is 38.7 Å². The summed E-state index contributed by atoms with van der Waals surface area (Å²) < 4.78 is 6.17. The second-order valence-electron chi connectivity index (χ2n) is 7.63. The fourth-order valence-corrected chi connectivity index (χ4v) is 3.97. The lowest BCUT2D eigenvalue weighted by Crippen LogP contribution is -2.43.